The van der Waals surface area contributed by atoms with Gasteiger partial charge in [-0.3, -0.25) is 0 Å². The van der Waals surface area contributed by atoms with Crippen molar-refractivity contribution in [2.24, 2.45) is 0 Å². The fourth-order valence-electron chi connectivity index (χ4n) is 2.67. The van der Waals surface area contributed by atoms with Crippen LogP contribution in [0.5, 0.6) is 0 Å². The summed E-state index contributed by atoms with van der Waals surface area (Å²) in [6.45, 7) is 1.42. The molecule has 0 radical (unpaired) electrons. The van der Waals surface area contributed by atoms with Crippen molar-refractivity contribution in [1.82, 2.24) is 0 Å². The van der Waals surface area contributed by atoms with Crippen LogP contribution in [0.15, 0.2) is 48.5 Å². The summed E-state index contributed by atoms with van der Waals surface area (Å²) >= 11 is 0. The molecule has 1 heterocycles. The van der Waals surface area contributed by atoms with Crippen LogP contribution in [0.1, 0.15) is 17.2 Å². The summed E-state index contributed by atoms with van der Waals surface area (Å²) in [4.78, 5) is 2.12. The first-order chi connectivity index (χ1) is 9.75. The molecule has 0 amide bonds. The SMILES string of the molecule is CN(C)c1ccccc1NC1COCc2ccccc21. The lowest BCUT2D eigenvalue weighted by Gasteiger charge is -2.29. The van der Waals surface area contributed by atoms with Gasteiger partial charge in [-0.1, -0.05) is 36.4 Å². The van der Waals surface area contributed by atoms with Crippen molar-refractivity contribution in [3.63, 3.8) is 0 Å². The number of benzene rings is 2. The van der Waals surface area contributed by atoms with Crippen molar-refractivity contribution in [3.05, 3.63) is 59.7 Å². The molecule has 1 N–H and O–H groups in total. The summed E-state index contributed by atoms with van der Waals surface area (Å²) in [7, 11) is 4.12. The van der Waals surface area contributed by atoms with E-state index in [9.17, 15) is 0 Å². The van der Waals surface area contributed by atoms with Gasteiger partial charge in [0.2, 0.25) is 0 Å². The van der Waals surface area contributed by atoms with Crippen LogP contribution in [-0.2, 0) is 11.3 Å². The first kappa shape index (κ1) is 13.0. The van der Waals surface area contributed by atoms with Crippen molar-refractivity contribution >= 4 is 11.4 Å². The fourth-order valence-corrected chi connectivity index (χ4v) is 2.67. The van der Waals surface area contributed by atoms with Crippen LogP contribution in [0.4, 0.5) is 11.4 Å². The molecule has 1 aliphatic heterocycles. The van der Waals surface area contributed by atoms with Gasteiger partial charge < -0.3 is 15.0 Å². The molecule has 0 aromatic heterocycles. The smallest absolute Gasteiger partial charge is 0.0752 e. The largest absolute Gasteiger partial charge is 0.376 e. The summed E-state index contributed by atoms with van der Waals surface area (Å²) in [5, 5.41) is 3.62. The summed E-state index contributed by atoms with van der Waals surface area (Å²) in [6.07, 6.45) is 0. The molecule has 0 spiro atoms. The van der Waals surface area contributed by atoms with E-state index in [4.69, 9.17) is 4.74 Å². The second-order valence-corrected chi connectivity index (χ2v) is 5.32. The number of ether oxygens (including phenoxy) is 1. The van der Waals surface area contributed by atoms with Crippen LogP contribution >= 0.6 is 0 Å². The number of para-hydroxylation sites is 2. The van der Waals surface area contributed by atoms with E-state index < -0.39 is 0 Å². The average Bonchev–Trinajstić information content (AvgIpc) is 2.48. The number of rotatable bonds is 3. The highest BCUT2D eigenvalue weighted by Crippen LogP contribution is 2.31. The first-order valence-electron chi connectivity index (χ1n) is 6.94. The predicted octanol–water partition coefficient (Wildman–Crippen LogP) is 3.44. The van der Waals surface area contributed by atoms with Gasteiger partial charge in [0, 0.05) is 14.1 Å². The summed E-state index contributed by atoms with van der Waals surface area (Å²) in [6, 6.07) is 17.1. The number of hydrogen-bond donors (Lipinski definition) is 1. The molecule has 0 saturated carbocycles. The minimum Gasteiger partial charge on any atom is -0.376 e. The molecule has 1 unspecified atom stereocenters. The maximum atomic E-state index is 5.71. The Morgan fingerprint density at radius 3 is 2.65 bits per heavy atom. The zero-order valence-electron chi connectivity index (χ0n) is 12.0. The van der Waals surface area contributed by atoms with Gasteiger partial charge in [-0.25, -0.2) is 0 Å². The Kier molecular flexibility index (Phi) is 3.61. The Balaban J connectivity index is 1.90. The monoisotopic (exact) mass is 268 g/mol. The number of nitrogens with zero attached hydrogens (tertiary/aromatic N) is 1. The maximum Gasteiger partial charge on any atom is 0.0752 e. The number of hydrogen-bond acceptors (Lipinski definition) is 3. The van der Waals surface area contributed by atoms with E-state index in [1.165, 1.54) is 16.8 Å². The lowest BCUT2D eigenvalue weighted by molar-refractivity contribution is 0.0970. The number of anilines is 2. The molecule has 2 aromatic rings. The van der Waals surface area contributed by atoms with E-state index in [0.717, 1.165) is 5.69 Å². The van der Waals surface area contributed by atoms with Gasteiger partial charge in [0.25, 0.3) is 0 Å². The second kappa shape index (κ2) is 5.55. The van der Waals surface area contributed by atoms with E-state index >= 15 is 0 Å². The van der Waals surface area contributed by atoms with Crippen molar-refractivity contribution in [3.8, 4) is 0 Å². The quantitative estimate of drug-likeness (QED) is 0.923. The predicted molar refractivity (Wildman–Crippen MR) is 83.2 cm³/mol. The van der Waals surface area contributed by atoms with Gasteiger partial charge in [0.15, 0.2) is 0 Å². The van der Waals surface area contributed by atoms with Crippen LogP contribution in [0.25, 0.3) is 0 Å². The van der Waals surface area contributed by atoms with E-state index in [0.29, 0.717) is 13.2 Å². The lowest BCUT2D eigenvalue weighted by Crippen LogP contribution is -2.24. The van der Waals surface area contributed by atoms with E-state index in [1.54, 1.807) is 0 Å². The Labute approximate surface area is 120 Å². The molecule has 1 aliphatic rings. The molecular formula is C17H20N2O. The maximum absolute atomic E-state index is 5.71. The van der Waals surface area contributed by atoms with Crippen molar-refractivity contribution < 1.29 is 4.74 Å². The molecule has 3 rings (SSSR count). The van der Waals surface area contributed by atoms with E-state index in [1.807, 2.05) is 0 Å². The van der Waals surface area contributed by atoms with Gasteiger partial charge in [-0.15, -0.1) is 0 Å². The normalized spacial score (nSPS) is 17.4. The van der Waals surface area contributed by atoms with Gasteiger partial charge in [-0.2, -0.15) is 0 Å². The third-order valence-electron chi connectivity index (χ3n) is 3.69. The zero-order valence-corrected chi connectivity index (χ0v) is 12.0. The molecule has 0 fully saturated rings. The molecular weight excluding hydrogens is 248 g/mol. The molecule has 3 heteroatoms. The van der Waals surface area contributed by atoms with Crippen LogP contribution < -0.4 is 10.2 Å². The first-order valence-corrected chi connectivity index (χ1v) is 6.94. The summed E-state index contributed by atoms with van der Waals surface area (Å²) in [5.41, 5.74) is 4.95. The van der Waals surface area contributed by atoms with Gasteiger partial charge in [0.1, 0.15) is 0 Å². The molecule has 0 aliphatic carbocycles. The molecule has 20 heavy (non-hydrogen) atoms. The Bertz CT molecular complexity index is 595. The molecule has 1 atom stereocenters. The third-order valence-corrected chi connectivity index (χ3v) is 3.69. The van der Waals surface area contributed by atoms with Crippen molar-refractivity contribution in [1.29, 1.82) is 0 Å². The standard InChI is InChI=1S/C17H20N2O/c1-19(2)17-10-6-5-9-15(17)18-16-12-20-11-13-7-3-4-8-14(13)16/h3-10,16,18H,11-12H2,1-2H3. The van der Waals surface area contributed by atoms with Crippen LogP contribution in [-0.4, -0.2) is 20.7 Å². The van der Waals surface area contributed by atoms with Crippen LogP contribution in [0.2, 0.25) is 0 Å². The zero-order chi connectivity index (χ0) is 13.9. The second-order valence-electron chi connectivity index (χ2n) is 5.32. The van der Waals surface area contributed by atoms with E-state index in [2.05, 4.69) is 72.8 Å². The average molecular weight is 268 g/mol. The number of nitrogens with one attached hydrogen (secondary N) is 1. The van der Waals surface area contributed by atoms with Gasteiger partial charge >= 0.3 is 0 Å². The minimum absolute atomic E-state index is 0.209. The Morgan fingerprint density at radius 1 is 1.05 bits per heavy atom. The molecule has 0 saturated heterocycles. The summed E-state index contributed by atoms with van der Waals surface area (Å²) in [5.74, 6) is 0. The molecule has 3 nitrogen and oxygen atoms in total. The molecule has 0 bridgehead atoms. The molecule has 2 aromatic carbocycles. The van der Waals surface area contributed by atoms with Gasteiger partial charge in [0.05, 0.1) is 30.6 Å². The fraction of sp³-hybridized carbons (Fsp3) is 0.294. The van der Waals surface area contributed by atoms with Crippen molar-refractivity contribution in [2.45, 2.75) is 12.6 Å². The van der Waals surface area contributed by atoms with E-state index in [-0.39, 0.29) is 6.04 Å². The summed E-state index contributed by atoms with van der Waals surface area (Å²) < 4.78 is 5.71. The molecule has 104 valence electrons. The minimum atomic E-state index is 0.209. The van der Waals surface area contributed by atoms with Gasteiger partial charge in [-0.05, 0) is 23.3 Å². The van der Waals surface area contributed by atoms with Crippen molar-refractivity contribution in [2.75, 3.05) is 30.9 Å². The highest BCUT2D eigenvalue weighted by molar-refractivity contribution is 5.70. The van der Waals surface area contributed by atoms with Crippen LogP contribution in [0.3, 0.4) is 0 Å². The number of fused-ring (bicyclic) bond motifs is 1. The Hall–Kier alpha value is -2.00. The topological polar surface area (TPSA) is 24.5 Å². The highest BCUT2D eigenvalue weighted by atomic mass is 16.5. The highest BCUT2D eigenvalue weighted by Gasteiger charge is 2.20. The van der Waals surface area contributed by atoms with Crippen LogP contribution in [0, 0.1) is 0 Å². The Morgan fingerprint density at radius 2 is 1.80 bits per heavy atom. The lowest BCUT2D eigenvalue weighted by atomic mass is 9.99. The third kappa shape index (κ3) is 2.49.